The predicted octanol–water partition coefficient (Wildman–Crippen LogP) is 0.589. The first-order valence-electron chi connectivity index (χ1n) is 4.81. The fourth-order valence-corrected chi connectivity index (χ4v) is 4.52. The van der Waals surface area contributed by atoms with E-state index in [0.717, 1.165) is 0 Å². The molecule has 0 aromatic heterocycles. The minimum Gasteiger partial charge on any atom is -0.229 e. The predicted molar refractivity (Wildman–Crippen MR) is 66.0 cm³/mol. The second-order valence-electron chi connectivity index (χ2n) is 3.09. The molecule has 0 unspecified atom stereocenters. The second-order valence-corrected chi connectivity index (χ2v) is 9.26. The van der Waals surface area contributed by atoms with Gasteiger partial charge in [0.05, 0.1) is 11.5 Å². The van der Waals surface area contributed by atoms with Gasteiger partial charge in [-0.15, -0.1) is 0 Å². The Morgan fingerprint density at radius 1 is 0.800 bits per heavy atom. The highest BCUT2D eigenvalue weighted by Crippen LogP contribution is 2.04. The second kappa shape index (κ2) is 6.75. The van der Waals surface area contributed by atoms with E-state index in [1.54, 1.807) is 13.8 Å². The van der Waals surface area contributed by atoms with E-state index in [0.29, 0.717) is 11.5 Å². The van der Waals surface area contributed by atoms with E-state index in [1.807, 2.05) is 0 Å². The van der Waals surface area contributed by atoms with Crippen LogP contribution in [0, 0.1) is 0 Å². The van der Waals surface area contributed by atoms with Crippen molar-refractivity contribution in [2.75, 3.05) is 34.5 Å². The van der Waals surface area contributed by atoms with Gasteiger partial charge in [0.2, 0.25) is 0 Å². The normalized spacial score (nSPS) is 12.9. The zero-order chi connectivity index (χ0) is 11.9. The number of rotatable bonds is 8. The van der Waals surface area contributed by atoms with Crippen molar-refractivity contribution in [3.8, 4) is 0 Å². The highest BCUT2D eigenvalue weighted by molar-refractivity contribution is 8.01. The minimum atomic E-state index is -2.91. The molecule has 0 amide bonds. The van der Waals surface area contributed by atoms with Gasteiger partial charge in [0.25, 0.3) is 0 Å². The van der Waals surface area contributed by atoms with E-state index in [9.17, 15) is 16.8 Å². The van der Waals surface area contributed by atoms with E-state index in [-0.39, 0.29) is 23.0 Å². The molecule has 0 saturated heterocycles. The van der Waals surface area contributed by atoms with Crippen molar-refractivity contribution in [2.45, 2.75) is 13.8 Å². The van der Waals surface area contributed by atoms with Crippen molar-refractivity contribution in [2.24, 2.45) is 0 Å². The minimum absolute atomic E-state index is 0.139. The van der Waals surface area contributed by atoms with Crippen LogP contribution in [0.15, 0.2) is 0 Å². The van der Waals surface area contributed by atoms with Crippen molar-refractivity contribution in [1.29, 1.82) is 0 Å². The van der Waals surface area contributed by atoms with Gasteiger partial charge in [0.1, 0.15) is 0 Å². The molecule has 0 saturated carbocycles. The molecular weight excluding hydrogens is 256 g/mol. The Hall–Kier alpha value is 0.250. The number of sulfone groups is 2. The van der Waals surface area contributed by atoms with Crippen molar-refractivity contribution >= 4 is 31.4 Å². The van der Waals surface area contributed by atoms with E-state index < -0.39 is 19.7 Å². The molecule has 4 nitrogen and oxygen atoms in total. The molecule has 0 spiro atoms. The molecule has 0 heterocycles. The van der Waals surface area contributed by atoms with E-state index in [1.165, 1.54) is 11.8 Å². The van der Waals surface area contributed by atoms with Crippen molar-refractivity contribution in [3.05, 3.63) is 0 Å². The van der Waals surface area contributed by atoms with Crippen molar-refractivity contribution in [1.82, 2.24) is 0 Å². The van der Waals surface area contributed by atoms with Crippen LogP contribution in [0.4, 0.5) is 0 Å². The SMILES string of the molecule is CCS(=O)(=O)CCSCCS(=O)(=O)CC. The van der Waals surface area contributed by atoms with Gasteiger partial charge in [-0.25, -0.2) is 16.8 Å². The molecule has 92 valence electrons. The first-order valence-corrected chi connectivity index (χ1v) is 9.61. The molecule has 0 fully saturated rings. The van der Waals surface area contributed by atoms with Gasteiger partial charge in [-0.3, -0.25) is 0 Å². The Bertz CT molecular complexity index is 319. The molecule has 0 aromatic carbocycles. The summed E-state index contributed by atoms with van der Waals surface area (Å²) in [7, 11) is -5.82. The van der Waals surface area contributed by atoms with E-state index in [4.69, 9.17) is 0 Å². The molecule has 7 heteroatoms. The molecule has 0 atom stereocenters. The van der Waals surface area contributed by atoms with Gasteiger partial charge in [0.15, 0.2) is 19.7 Å². The van der Waals surface area contributed by atoms with Gasteiger partial charge in [-0.2, -0.15) is 11.8 Å². The highest BCUT2D eigenvalue weighted by atomic mass is 32.2. The maximum absolute atomic E-state index is 11.1. The molecular formula is C8H18O4S3. The summed E-state index contributed by atoms with van der Waals surface area (Å²) >= 11 is 1.38. The zero-order valence-corrected chi connectivity index (χ0v) is 11.5. The lowest BCUT2D eigenvalue weighted by molar-refractivity contribution is 0.597. The summed E-state index contributed by atoms with van der Waals surface area (Å²) in [6.45, 7) is 3.23. The van der Waals surface area contributed by atoms with Gasteiger partial charge in [0, 0.05) is 23.0 Å². The van der Waals surface area contributed by atoms with Crippen LogP contribution in [0.2, 0.25) is 0 Å². The van der Waals surface area contributed by atoms with Crippen LogP contribution in [0.25, 0.3) is 0 Å². The van der Waals surface area contributed by atoms with E-state index >= 15 is 0 Å². The van der Waals surface area contributed by atoms with Crippen LogP contribution in [-0.2, 0) is 19.7 Å². The summed E-state index contributed by atoms with van der Waals surface area (Å²) in [6, 6.07) is 0. The van der Waals surface area contributed by atoms with Crippen molar-refractivity contribution in [3.63, 3.8) is 0 Å². The zero-order valence-electron chi connectivity index (χ0n) is 9.10. The lowest BCUT2D eigenvalue weighted by Crippen LogP contribution is -2.13. The fraction of sp³-hybridized carbons (Fsp3) is 1.00. The van der Waals surface area contributed by atoms with Crippen LogP contribution in [0.1, 0.15) is 13.8 Å². The molecule has 0 N–H and O–H groups in total. The summed E-state index contributed by atoms with van der Waals surface area (Å²) in [4.78, 5) is 0. The topological polar surface area (TPSA) is 68.3 Å². The quantitative estimate of drug-likeness (QED) is 0.606. The van der Waals surface area contributed by atoms with Crippen LogP contribution in [0.5, 0.6) is 0 Å². The molecule has 0 rings (SSSR count). The Morgan fingerprint density at radius 3 is 1.40 bits per heavy atom. The third-order valence-corrected chi connectivity index (χ3v) is 6.87. The van der Waals surface area contributed by atoms with Crippen LogP contribution in [-0.4, -0.2) is 51.4 Å². The Kier molecular flexibility index (Phi) is 6.86. The van der Waals surface area contributed by atoms with Gasteiger partial charge in [-0.1, -0.05) is 13.8 Å². The summed E-state index contributed by atoms with van der Waals surface area (Å²) in [6.07, 6.45) is 0. The van der Waals surface area contributed by atoms with Crippen LogP contribution >= 0.6 is 11.8 Å². The maximum Gasteiger partial charge on any atom is 0.150 e. The summed E-state index contributed by atoms with van der Waals surface area (Å²) in [5, 5.41) is 0. The van der Waals surface area contributed by atoms with Gasteiger partial charge in [-0.05, 0) is 0 Å². The molecule has 0 aromatic rings. The number of hydrogen-bond donors (Lipinski definition) is 0. The standard InChI is InChI=1S/C8H18O4S3/c1-3-14(9,10)7-5-13-6-8-15(11,12)4-2/h3-8H2,1-2H3. The van der Waals surface area contributed by atoms with E-state index in [2.05, 4.69) is 0 Å². The first-order chi connectivity index (χ1) is 6.83. The highest BCUT2D eigenvalue weighted by Gasteiger charge is 2.09. The monoisotopic (exact) mass is 274 g/mol. The average molecular weight is 274 g/mol. The average Bonchev–Trinajstić information content (AvgIpc) is 2.17. The Morgan fingerprint density at radius 2 is 1.13 bits per heavy atom. The van der Waals surface area contributed by atoms with Crippen LogP contribution < -0.4 is 0 Å². The summed E-state index contributed by atoms with van der Waals surface area (Å²) in [5.41, 5.74) is 0. The summed E-state index contributed by atoms with van der Waals surface area (Å²) in [5.74, 6) is 1.55. The lowest BCUT2D eigenvalue weighted by atomic mass is 10.9. The fourth-order valence-electron chi connectivity index (χ4n) is 0.763. The smallest absolute Gasteiger partial charge is 0.150 e. The number of thioether (sulfide) groups is 1. The molecule has 0 radical (unpaired) electrons. The molecule has 0 aliphatic heterocycles. The molecule has 15 heavy (non-hydrogen) atoms. The lowest BCUT2D eigenvalue weighted by Gasteiger charge is -2.02. The Balaban J connectivity index is 3.66. The third-order valence-electron chi connectivity index (χ3n) is 1.96. The third kappa shape index (κ3) is 8.10. The van der Waals surface area contributed by atoms with Gasteiger partial charge >= 0.3 is 0 Å². The first kappa shape index (κ1) is 15.2. The molecule has 0 aliphatic carbocycles. The van der Waals surface area contributed by atoms with Gasteiger partial charge < -0.3 is 0 Å². The number of hydrogen-bond acceptors (Lipinski definition) is 5. The molecule has 0 aliphatic rings. The molecule has 0 bridgehead atoms. The largest absolute Gasteiger partial charge is 0.229 e. The summed E-state index contributed by atoms with van der Waals surface area (Å²) < 4.78 is 44.3. The van der Waals surface area contributed by atoms with Crippen molar-refractivity contribution < 1.29 is 16.8 Å². The maximum atomic E-state index is 11.1. The van der Waals surface area contributed by atoms with Crippen LogP contribution in [0.3, 0.4) is 0 Å². The Labute approximate surface area is 96.7 Å².